The third-order valence-corrected chi connectivity index (χ3v) is 3.18. The van der Waals surface area contributed by atoms with Crippen LogP contribution < -0.4 is 5.32 Å². The molecule has 0 bridgehead atoms. The van der Waals surface area contributed by atoms with Crippen molar-refractivity contribution in [2.24, 2.45) is 0 Å². The summed E-state index contributed by atoms with van der Waals surface area (Å²) in [4.78, 5) is 0. The Hall–Kier alpha value is -0.210. The summed E-state index contributed by atoms with van der Waals surface area (Å²) in [5, 5.41) is 4.56. The number of benzene rings is 1. The lowest BCUT2D eigenvalue weighted by Gasteiger charge is -2.15. The third kappa shape index (κ3) is 2.88. The van der Waals surface area contributed by atoms with Gasteiger partial charge in [0.05, 0.1) is 10.0 Å². The van der Waals surface area contributed by atoms with E-state index in [1.54, 1.807) is 0 Å². The first kappa shape index (κ1) is 12.9. The van der Waals surface area contributed by atoms with Gasteiger partial charge in [-0.25, -0.2) is 0 Å². The Morgan fingerprint density at radius 2 is 2.00 bits per heavy atom. The zero-order valence-corrected chi connectivity index (χ0v) is 10.4. The molecule has 0 unspecified atom stereocenters. The summed E-state index contributed by atoms with van der Waals surface area (Å²) in [6.07, 6.45) is 3.18. The lowest BCUT2D eigenvalue weighted by molar-refractivity contribution is 0.738. The summed E-state index contributed by atoms with van der Waals surface area (Å²) < 4.78 is 0. The van der Waals surface area contributed by atoms with E-state index >= 15 is 0 Å². The van der Waals surface area contributed by atoms with Crippen molar-refractivity contribution in [2.75, 3.05) is 13.1 Å². The van der Waals surface area contributed by atoms with Crippen LogP contribution in [0, 0.1) is 0 Å². The molecule has 0 atom stereocenters. The lowest BCUT2D eigenvalue weighted by atomic mass is 10.0. The standard InChI is InChI=1S/C11H11Cl2N.ClH/c12-10-3-1-2-9(11(10)13)8-4-6-14-7-5-8;/h1-4,14H,5-7H2;1H. The zero-order valence-electron chi connectivity index (χ0n) is 8.09. The molecule has 15 heavy (non-hydrogen) atoms. The molecule has 0 aliphatic carbocycles. The van der Waals surface area contributed by atoms with Gasteiger partial charge >= 0.3 is 0 Å². The van der Waals surface area contributed by atoms with Gasteiger partial charge in [0.15, 0.2) is 0 Å². The largest absolute Gasteiger partial charge is 0.313 e. The molecule has 0 amide bonds. The number of hydrogen-bond acceptors (Lipinski definition) is 1. The Bertz CT molecular complexity index is 374. The van der Waals surface area contributed by atoms with E-state index in [2.05, 4.69) is 11.4 Å². The average molecular weight is 265 g/mol. The van der Waals surface area contributed by atoms with Crippen LogP contribution in [0.25, 0.3) is 5.57 Å². The van der Waals surface area contributed by atoms with E-state index in [0.29, 0.717) is 10.0 Å². The van der Waals surface area contributed by atoms with Crippen LogP contribution in [0.4, 0.5) is 0 Å². The predicted octanol–water partition coefficient (Wildman–Crippen LogP) is 3.79. The SMILES string of the molecule is Cl.Clc1cccc(C2=CCNCC2)c1Cl. The minimum Gasteiger partial charge on any atom is -0.313 e. The quantitative estimate of drug-likeness (QED) is 0.814. The van der Waals surface area contributed by atoms with Crippen LogP contribution in [-0.2, 0) is 0 Å². The molecule has 0 aromatic heterocycles. The smallest absolute Gasteiger partial charge is 0.0667 e. The Labute approximate surface area is 106 Å². The average Bonchev–Trinajstić information content (AvgIpc) is 2.23. The molecule has 1 aliphatic rings. The van der Waals surface area contributed by atoms with Crippen LogP contribution in [0.1, 0.15) is 12.0 Å². The lowest BCUT2D eigenvalue weighted by Crippen LogP contribution is -2.20. The topological polar surface area (TPSA) is 12.0 Å². The fraction of sp³-hybridized carbons (Fsp3) is 0.273. The number of nitrogens with one attached hydrogen (secondary N) is 1. The Balaban J connectivity index is 0.00000112. The maximum atomic E-state index is 6.13. The Morgan fingerprint density at radius 3 is 2.67 bits per heavy atom. The normalized spacial score (nSPS) is 15.5. The van der Waals surface area contributed by atoms with Crippen molar-refractivity contribution in [3.05, 3.63) is 39.9 Å². The second kappa shape index (κ2) is 5.76. The van der Waals surface area contributed by atoms with Gasteiger partial charge in [-0.2, -0.15) is 0 Å². The van der Waals surface area contributed by atoms with E-state index in [9.17, 15) is 0 Å². The molecular weight excluding hydrogens is 252 g/mol. The molecule has 1 aliphatic heterocycles. The molecule has 82 valence electrons. The van der Waals surface area contributed by atoms with Crippen molar-refractivity contribution in [3.8, 4) is 0 Å². The minimum absolute atomic E-state index is 0. The van der Waals surface area contributed by atoms with Gasteiger partial charge < -0.3 is 5.32 Å². The van der Waals surface area contributed by atoms with E-state index in [-0.39, 0.29) is 12.4 Å². The number of hydrogen-bond donors (Lipinski definition) is 1. The minimum atomic E-state index is 0. The highest BCUT2D eigenvalue weighted by Crippen LogP contribution is 2.32. The molecule has 1 aromatic rings. The van der Waals surface area contributed by atoms with Crippen molar-refractivity contribution < 1.29 is 0 Å². The van der Waals surface area contributed by atoms with Gasteiger partial charge in [-0.1, -0.05) is 41.4 Å². The van der Waals surface area contributed by atoms with E-state index in [1.165, 1.54) is 5.57 Å². The highest BCUT2D eigenvalue weighted by molar-refractivity contribution is 6.43. The molecule has 1 aromatic carbocycles. The Morgan fingerprint density at radius 1 is 1.20 bits per heavy atom. The van der Waals surface area contributed by atoms with Gasteiger partial charge in [0.25, 0.3) is 0 Å². The van der Waals surface area contributed by atoms with Gasteiger partial charge in [0.1, 0.15) is 0 Å². The summed E-state index contributed by atoms with van der Waals surface area (Å²) in [6, 6.07) is 5.77. The molecule has 0 saturated carbocycles. The highest BCUT2D eigenvalue weighted by atomic mass is 35.5. The molecule has 1 N–H and O–H groups in total. The van der Waals surface area contributed by atoms with E-state index in [4.69, 9.17) is 23.2 Å². The summed E-state index contributed by atoms with van der Waals surface area (Å²) in [5.41, 5.74) is 2.36. The van der Waals surface area contributed by atoms with E-state index in [0.717, 1.165) is 25.1 Å². The van der Waals surface area contributed by atoms with Gasteiger partial charge in [-0.3, -0.25) is 0 Å². The molecule has 4 heteroatoms. The highest BCUT2D eigenvalue weighted by Gasteiger charge is 2.10. The maximum Gasteiger partial charge on any atom is 0.0667 e. The monoisotopic (exact) mass is 263 g/mol. The summed E-state index contributed by atoms with van der Waals surface area (Å²) in [6.45, 7) is 1.92. The molecule has 0 spiro atoms. The van der Waals surface area contributed by atoms with Crippen LogP contribution >= 0.6 is 35.6 Å². The fourth-order valence-corrected chi connectivity index (χ4v) is 2.04. The second-order valence-electron chi connectivity index (χ2n) is 3.28. The van der Waals surface area contributed by atoms with Crippen molar-refractivity contribution in [1.29, 1.82) is 0 Å². The van der Waals surface area contributed by atoms with Crippen LogP contribution in [0.15, 0.2) is 24.3 Å². The van der Waals surface area contributed by atoms with E-state index in [1.807, 2.05) is 18.2 Å². The van der Waals surface area contributed by atoms with Gasteiger partial charge in [0.2, 0.25) is 0 Å². The van der Waals surface area contributed by atoms with Crippen LogP contribution in [0.5, 0.6) is 0 Å². The summed E-state index contributed by atoms with van der Waals surface area (Å²) >= 11 is 12.1. The van der Waals surface area contributed by atoms with Crippen LogP contribution in [0.2, 0.25) is 10.0 Å². The van der Waals surface area contributed by atoms with Crippen molar-refractivity contribution in [2.45, 2.75) is 6.42 Å². The van der Waals surface area contributed by atoms with Crippen molar-refractivity contribution >= 4 is 41.2 Å². The fourth-order valence-electron chi connectivity index (χ4n) is 1.62. The molecule has 2 rings (SSSR count). The molecule has 0 radical (unpaired) electrons. The molecular formula is C11H12Cl3N. The summed E-state index contributed by atoms with van der Waals surface area (Å²) in [7, 11) is 0. The maximum absolute atomic E-state index is 6.13. The van der Waals surface area contributed by atoms with E-state index < -0.39 is 0 Å². The predicted molar refractivity (Wildman–Crippen MR) is 69.2 cm³/mol. The molecule has 0 saturated heterocycles. The summed E-state index contributed by atoms with van der Waals surface area (Å²) in [5.74, 6) is 0. The van der Waals surface area contributed by atoms with Crippen molar-refractivity contribution in [1.82, 2.24) is 5.32 Å². The molecule has 1 heterocycles. The van der Waals surface area contributed by atoms with Crippen molar-refractivity contribution in [3.63, 3.8) is 0 Å². The first-order valence-corrected chi connectivity index (χ1v) is 5.39. The second-order valence-corrected chi connectivity index (χ2v) is 4.07. The molecule has 1 nitrogen and oxygen atoms in total. The van der Waals surface area contributed by atoms with Gasteiger partial charge in [0, 0.05) is 6.54 Å². The third-order valence-electron chi connectivity index (χ3n) is 2.36. The first-order chi connectivity index (χ1) is 6.79. The zero-order chi connectivity index (χ0) is 9.97. The van der Waals surface area contributed by atoms with Crippen LogP contribution in [0.3, 0.4) is 0 Å². The van der Waals surface area contributed by atoms with Crippen LogP contribution in [-0.4, -0.2) is 13.1 Å². The number of rotatable bonds is 1. The molecule has 0 fully saturated rings. The van der Waals surface area contributed by atoms with Gasteiger partial charge in [-0.05, 0) is 30.2 Å². The Kier molecular flexibility index (Phi) is 4.94. The number of halogens is 3. The first-order valence-electron chi connectivity index (χ1n) is 4.63. The van der Waals surface area contributed by atoms with Gasteiger partial charge in [-0.15, -0.1) is 12.4 Å².